The van der Waals surface area contributed by atoms with Crippen molar-refractivity contribution >= 4 is 21.9 Å². The molecule has 60 valence electrons. The van der Waals surface area contributed by atoms with Gasteiger partial charge in [0.15, 0.2) is 0 Å². The molecular formula is C9H5BrO2. The summed E-state index contributed by atoms with van der Waals surface area (Å²) in [4.78, 5) is 13.0. The highest BCUT2D eigenvalue weighted by Gasteiger charge is 2.00. The van der Waals surface area contributed by atoms with Gasteiger partial charge in [-0.2, -0.15) is 0 Å². The number of rotatable bonds is 1. The van der Waals surface area contributed by atoms with E-state index in [1.165, 1.54) is 12.1 Å². The van der Waals surface area contributed by atoms with E-state index in [2.05, 4.69) is 26.7 Å². The van der Waals surface area contributed by atoms with Gasteiger partial charge in [0.1, 0.15) is 0 Å². The van der Waals surface area contributed by atoms with Crippen LogP contribution in [0.5, 0.6) is 0 Å². The van der Waals surface area contributed by atoms with Gasteiger partial charge in [-0.3, -0.25) is 0 Å². The van der Waals surface area contributed by atoms with E-state index in [0.29, 0.717) is 5.56 Å². The van der Waals surface area contributed by atoms with Crippen molar-refractivity contribution < 1.29 is 9.90 Å². The Bertz CT molecular complexity index is 360. The van der Waals surface area contributed by atoms with Gasteiger partial charge in [0.25, 0.3) is 0 Å². The Morgan fingerprint density at radius 1 is 1.50 bits per heavy atom. The largest absolute Gasteiger partial charge is 0.478 e. The molecule has 3 heteroatoms. The Morgan fingerprint density at radius 3 is 2.83 bits per heavy atom. The molecule has 0 atom stereocenters. The van der Waals surface area contributed by atoms with Crippen LogP contribution in [0, 0.1) is 10.8 Å². The first-order valence-corrected chi connectivity index (χ1v) is 3.98. The lowest BCUT2D eigenvalue weighted by Gasteiger charge is -1.93. The molecule has 1 aromatic rings. The Balaban J connectivity index is 3.09. The van der Waals surface area contributed by atoms with Crippen molar-refractivity contribution in [2.75, 3.05) is 0 Å². The molecule has 0 saturated heterocycles. The van der Waals surface area contributed by atoms with Crippen LogP contribution in [-0.4, -0.2) is 11.1 Å². The summed E-state index contributed by atoms with van der Waals surface area (Å²) in [5.74, 6) is 1.77. The third-order valence-electron chi connectivity index (χ3n) is 1.30. The zero-order valence-corrected chi connectivity index (χ0v) is 7.63. The lowest BCUT2D eigenvalue weighted by molar-refractivity contribution is 0.0697. The average Bonchev–Trinajstić information content (AvgIpc) is 2.05. The second-order valence-corrected chi connectivity index (χ2v) is 2.50. The minimum atomic E-state index is -0.937. The fraction of sp³-hybridized carbons (Fsp3) is 0. The van der Waals surface area contributed by atoms with E-state index in [1.807, 2.05) is 0 Å². The maximum atomic E-state index is 10.5. The molecule has 2 nitrogen and oxygen atoms in total. The number of carboxylic acids is 1. The van der Waals surface area contributed by atoms with Crippen LogP contribution in [0.25, 0.3) is 0 Å². The highest BCUT2D eigenvalue weighted by molar-refractivity contribution is 9.12. The van der Waals surface area contributed by atoms with Crippen LogP contribution in [0.15, 0.2) is 24.3 Å². The molecule has 0 aliphatic rings. The van der Waals surface area contributed by atoms with Crippen molar-refractivity contribution in [2.45, 2.75) is 0 Å². The number of halogens is 1. The molecule has 0 unspecified atom stereocenters. The Kier molecular flexibility index (Phi) is 2.89. The average molecular weight is 225 g/mol. The smallest absolute Gasteiger partial charge is 0.335 e. The molecule has 0 aromatic heterocycles. The maximum Gasteiger partial charge on any atom is 0.335 e. The molecule has 0 amide bonds. The number of aromatic carboxylic acids is 1. The lowest BCUT2D eigenvalue weighted by atomic mass is 10.1. The summed E-state index contributed by atoms with van der Waals surface area (Å²) in [5, 5.41) is 8.62. The lowest BCUT2D eigenvalue weighted by Crippen LogP contribution is -1.95. The summed E-state index contributed by atoms with van der Waals surface area (Å²) in [6, 6.07) is 6.47. The van der Waals surface area contributed by atoms with Crippen molar-refractivity contribution in [3.8, 4) is 10.8 Å². The van der Waals surface area contributed by atoms with Crippen molar-refractivity contribution in [1.29, 1.82) is 0 Å². The zero-order valence-electron chi connectivity index (χ0n) is 6.04. The minimum absolute atomic E-state index is 0.253. The van der Waals surface area contributed by atoms with E-state index in [-0.39, 0.29) is 5.56 Å². The monoisotopic (exact) mass is 224 g/mol. The Hall–Kier alpha value is -1.27. The van der Waals surface area contributed by atoms with Gasteiger partial charge >= 0.3 is 5.97 Å². The van der Waals surface area contributed by atoms with Crippen molar-refractivity contribution in [1.82, 2.24) is 0 Å². The predicted molar refractivity (Wildman–Crippen MR) is 49.2 cm³/mol. The van der Waals surface area contributed by atoms with Crippen LogP contribution in [0.1, 0.15) is 15.9 Å². The van der Waals surface area contributed by atoms with Gasteiger partial charge in [-0.25, -0.2) is 4.79 Å². The highest BCUT2D eigenvalue weighted by atomic mass is 79.9. The zero-order chi connectivity index (χ0) is 8.97. The summed E-state index contributed by atoms with van der Waals surface area (Å²) in [6.45, 7) is 0. The molecule has 1 rings (SSSR count). The predicted octanol–water partition coefficient (Wildman–Crippen LogP) is 2.09. The SMILES string of the molecule is O=C(O)c1cccc(C#CBr)c1. The Labute approximate surface area is 78.3 Å². The molecule has 0 saturated carbocycles. The van der Waals surface area contributed by atoms with Crippen LogP contribution in [-0.2, 0) is 0 Å². The quantitative estimate of drug-likeness (QED) is 0.743. The topological polar surface area (TPSA) is 37.3 Å². The number of carboxylic acid groups (broad SMARTS) is 1. The molecule has 0 bridgehead atoms. The summed E-state index contributed by atoms with van der Waals surface area (Å²) in [5.41, 5.74) is 0.939. The number of hydrogen-bond donors (Lipinski definition) is 1. The van der Waals surface area contributed by atoms with Crippen molar-refractivity contribution in [3.05, 3.63) is 35.4 Å². The third-order valence-corrected chi connectivity index (χ3v) is 1.50. The number of benzene rings is 1. The number of hydrogen-bond acceptors (Lipinski definition) is 1. The van der Waals surface area contributed by atoms with Gasteiger partial charge in [0, 0.05) is 21.5 Å². The van der Waals surface area contributed by atoms with Crippen molar-refractivity contribution in [2.24, 2.45) is 0 Å². The van der Waals surface area contributed by atoms with Crippen LogP contribution in [0.2, 0.25) is 0 Å². The van der Waals surface area contributed by atoms with E-state index < -0.39 is 5.97 Å². The molecule has 0 heterocycles. The molecule has 12 heavy (non-hydrogen) atoms. The van der Waals surface area contributed by atoms with Crippen LogP contribution in [0.3, 0.4) is 0 Å². The fourth-order valence-electron chi connectivity index (χ4n) is 0.785. The summed E-state index contributed by atoms with van der Waals surface area (Å²) in [6.07, 6.45) is 0. The molecule has 0 aliphatic carbocycles. The van der Waals surface area contributed by atoms with Crippen LogP contribution < -0.4 is 0 Å². The summed E-state index contributed by atoms with van der Waals surface area (Å²) >= 11 is 2.94. The van der Waals surface area contributed by atoms with E-state index in [0.717, 1.165) is 0 Å². The Morgan fingerprint density at radius 2 is 2.25 bits per heavy atom. The van der Waals surface area contributed by atoms with Gasteiger partial charge in [0.2, 0.25) is 0 Å². The molecule has 1 N–H and O–H groups in total. The van der Waals surface area contributed by atoms with Crippen LogP contribution >= 0.6 is 15.9 Å². The molecule has 0 radical (unpaired) electrons. The van der Waals surface area contributed by atoms with Gasteiger partial charge in [-0.1, -0.05) is 12.0 Å². The highest BCUT2D eigenvalue weighted by Crippen LogP contribution is 2.03. The van der Waals surface area contributed by atoms with Crippen LogP contribution in [0.4, 0.5) is 0 Å². The van der Waals surface area contributed by atoms with Gasteiger partial charge in [-0.15, -0.1) is 0 Å². The second kappa shape index (κ2) is 3.93. The van der Waals surface area contributed by atoms with Crippen molar-refractivity contribution in [3.63, 3.8) is 0 Å². The van der Waals surface area contributed by atoms with E-state index >= 15 is 0 Å². The van der Waals surface area contributed by atoms with Gasteiger partial charge in [0.05, 0.1) is 5.56 Å². The number of carbonyl (C=O) groups is 1. The normalized spacial score (nSPS) is 8.42. The second-order valence-electron chi connectivity index (χ2n) is 2.11. The first-order chi connectivity index (χ1) is 5.74. The van der Waals surface area contributed by atoms with E-state index in [4.69, 9.17) is 5.11 Å². The van der Waals surface area contributed by atoms with E-state index in [1.54, 1.807) is 12.1 Å². The first-order valence-electron chi connectivity index (χ1n) is 3.19. The van der Waals surface area contributed by atoms with E-state index in [9.17, 15) is 4.79 Å². The minimum Gasteiger partial charge on any atom is -0.478 e. The third kappa shape index (κ3) is 2.11. The van der Waals surface area contributed by atoms with Gasteiger partial charge < -0.3 is 5.11 Å². The molecular weight excluding hydrogens is 220 g/mol. The molecule has 0 fully saturated rings. The fourth-order valence-corrected chi connectivity index (χ4v) is 1.01. The molecule has 1 aromatic carbocycles. The van der Waals surface area contributed by atoms with Gasteiger partial charge in [-0.05, 0) is 23.0 Å². The maximum absolute atomic E-state index is 10.5. The molecule has 0 spiro atoms. The first kappa shape index (κ1) is 8.82. The summed E-state index contributed by atoms with van der Waals surface area (Å²) in [7, 11) is 0. The standard InChI is InChI=1S/C9H5BrO2/c10-5-4-7-2-1-3-8(6-7)9(11)12/h1-3,6H,(H,11,12). The summed E-state index contributed by atoms with van der Waals surface area (Å²) < 4.78 is 0. The molecule has 0 aliphatic heterocycles.